The van der Waals surface area contributed by atoms with Crippen molar-refractivity contribution in [2.75, 3.05) is 9.71 Å². The molecule has 2 heterocycles. The van der Waals surface area contributed by atoms with Gasteiger partial charge in [0.15, 0.2) is 0 Å². The lowest BCUT2D eigenvalue weighted by Crippen LogP contribution is -2.62. The van der Waals surface area contributed by atoms with Crippen LogP contribution in [0.4, 0.5) is 28.4 Å². The minimum absolute atomic E-state index is 0.0179. The molecule has 0 aromatic heterocycles. The lowest BCUT2D eigenvalue weighted by molar-refractivity contribution is 0.590. The average molecular weight is 781 g/mol. The van der Waals surface area contributed by atoms with Crippen LogP contribution in [0.5, 0.6) is 0 Å². The quantitative estimate of drug-likeness (QED) is 0.165. The predicted octanol–water partition coefficient (Wildman–Crippen LogP) is 14.3. The Hall–Kier alpha value is -5.80. The van der Waals surface area contributed by atoms with Gasteiger partial charge in [-0.15, -0.1) is 0 Å². The second kappa shape index (κ2) is 13.1. The normalized spacial score (nSPS) is 14.9. The molecule has 0 spiro atoms. The van der Waals surface area contributed by atoms with Crippen LogP contribution in [0.25, 0.3) is 33.4 Å². The summed E-state index contributed by atoms with van der Waals surface area (Å²) in [5, 5.41) is 0. The summed E-state index contributed by atoms with van der Waals surface area (Å²) in [4.78, 5) is 5.36. The largest absolute Gasteiger partial charge is 0.376 e. The summed E-state index contributed by atoms with van der Waals surface area (Å²) in [6, 6.07) is 56.0. The Bertz CT molecular complexity index is 2840. The van der Waals surface area contributed by atoms with Crippen molar-refractivity contribution in [2.24, 2.45) is 0 Å². The number of anilines is 5. The molecule has 298 valence electrons. The van der Waals surface area contributed by atoms with Crippen molar-refractivity contribution >= 4 is 46.2 Å². The Morgan fingerprint density at radius 3 is 1.73 bits per heavy atom. The van der Waals surface area contributed by atoms with Crippen molar-refractivity contribution in [3.05, 3.63) is 173 Å². The topological polar surface area (TPSA) is 6.48 Å². The maximum atomic E-state index is 2.70. The average Bonchev–Trinajstić information content (AvgIpc) is 3.46. The van der Waals surface area contributed by atoms with Gasteiger partial charge in [0.2, 0.25) is 0 Å². The summed E-state index contributed by atoms with van der Waals surface area (Å²) < 4.78 is 0. The fourth-order valence-electron chi connectivity index (χ4n) is 10.4. The molecule has 7 aromatic carbocycles. The third kappa shape index (κ3) is 5.76. The van der Waals surface area contributed by atoms with Gasteiger partial charge in [-0.25, -0.2) is 0 Å². The Kier molecular flexibility index (Phi) is 8.39. The van der Waals surface area contributed by atoms with E-state index in [-0.39, 0.29) is 28.5 Å². The maximum absolute atomic E-state index is 2.70. The molecule has 2 aliphatic heterocycles. The van der Waals surface area contributed by atoms with E-state index in [1.165, 1.54) is 101 Å². The summed E-state index contributed by atoms with van der Waals surface area (Å²) in [6.45, 7) is 25.8. The van der Waals surface area contributed by atoms with Crippen molar-refractivity contribution in [2.45, 2.75) is 97.8 Å². The molecule has 2 nitrogen and oxygen atoms in total. The van der Waals surface area contributed by atoms with E-state index in [0.717, 1.165) is 0 Å². The first-order valence-corrected chi connectivity index (χ1v) is 21.9. The Balaban J connectivity index is 1.37. The first-order valence-electron chi connectivity index (χ1n) is 21.9. The predicted molar refractivity (Wildman–Crippen MR) is 259 cm³/mol. The van der Waals surface area contributed by atoms with Crippen molar-refractivity contribution < 1.29 is 0 Å². The highest BCUT2D eigenvalue weighted by atomic mass is 15.2. The van der Waals surface area contributed by atoms with E-state index >= 15 is 0 Å². The first kappa shape index (κ1) is 38.4. The molecule has 10 rings (SSSR count). The molecular weight excluding hydrogens is 723 g/mol. The lowest BCUT2D eigenvalue weighted by atomic mass is 9.42. The molecule has 0 saturated carbocycles. The van der Waals surface area contributed by atoms with Gasteiger partial charge in [0.05, 0.1) is 5.69 Å². The molecule has 1 aliphatic carbocycles. The highest BCUT2D eigenvalue weighted by Crippen LogP contribution is 2.57. The van der Waals surface area contributed by atoms with Crippen LogP contribution in [0.3, 0.4) is 0 Å². The molecule has 0 unspecified atom stereocenters. The fourth-order valence-corrected chi connectivity index (χ4v) is 10.4. The van der Waals surface area contributed by atoms with E-state index < -0.39 is 0 Å². The van der Waals surface area contributed by atoms with Gasteiger partial charge in [-0.05, 0) is 114 Å². The van der Waals surface area contributed by atoms with Crippen LogP contribution >= 0.6 is 0 Å². The number of para-hydroxylation sites is 1. The van der Waals surface area contributed by atoms with Gasteiger partial charge in [0.25, 0.3) is 0 Å². The SMILES string of the molecule is CC(C)(C)c1ccc(N2B3c4ccc5c(c4N(c4ccc(C(C)(C)C)cc4-c4ccccc4)c4cc(C(C)(C)C)cc(c43)-c3ccccc32)C(C)(C)c2ccccc2-5)cc1. The Labute approximate surface area is 359 Å². The zero-order valence-corrected chi connectivity index (χ0v) is 37.3. The Morgan fingerprint density at radius 1 is 0.450 bits per heavy atom. The Morgan fingerprint density at radius 2 is 1.05 bits per heavy atom. The molecule has 0 saturated heterocycles. The monoisotopic (exact) mass is 780 g/mol. The van der Waals surface area contributed by atoms with E-state index in [2.05, 4.69) is 231 Å². The fraction of sp³-hybridized carbons (Fsp3) is 0.263. The van der Waals surface area contributed by atoms with Crippen LogP contribution in [0.1, 0.15) is 104 Å². The summed E-state index contributed by atoms with van der Waals surface area (Å²) >= 11 is 0. The molecule has 0 radical (unpaired) electrons. The van der Waals surface area contributed by atoms with Gasteiger partial charge >= 0.3 is 6.85 Å². The smallest absolute Gasteiger partial charge is 0.333 e. The summed E-state index contributed by atoms with van der Waals surface area (Å²) in [5.41, 5.74) is 23.2. The van der Waals surface area contributed by atoms with E-state index in [4.69, 9.17) is 0 Å². The van der Waals surface area contributed by atoms with Gasteiger partial charge in [-0.3, -0.25) is 0 Å². The van der Waals surface area contributed by atoms with Crippen LogP contribution < -0.4 is 20.6 Å². The number of hydrogen-bond donors (Lipinski definition) is 0. The highest BCUT2D eigenvalue weighted by Gasteiger charge is 2.50. The summed E-state index contributed by atoms with van der Waals surface area (Å²) in [7, 11) is 0. The minimum atomic E-state index is -0.248. The van der Waals surface area contributed by atoms with E-state index in [1.54, 1.807) is 0 Å². The van der Waals surface area contributed by atoms with Gasteiger partial charge in [-0.1, -0.05) is 185 Å². The maximum Gasteiger partial charge on any atom is 0.333 e. The molecule has 60 heavy (non-hydrogen) atoms. The van der Waals surface area contributed by atoms with Crippen molar-refractivity contribution in [1.29, 1.82) is 0 Å². The van der Waals surface area contributed by atoms with Gasteiger partial charge in [0, 0.05) is 39.3 Å². The zero-order valence-electron chi connectivity index (χ0n) is 37.3. The van der Waals surface area contributed by atoms with Crippen LogP contribution in [-0.4, -0.2) is 6.85 Å². The van der Waals surface area contributed by atoms with E-state index in [9.17, 15) is 0 Å². The van der Waals surface area contributed by atoms with Crippen molar-refractivity contribution in [3.8, 4) is 33.4 Å². The number of hydrogen-bond acceptors (Lipinski definition) is 2. The van der Waals surface area contributed by atoms with Crippen LogP contribution in [0.15, 0.2) is 146 Å². The number of nitrogens with zero attached hydrogens (tertiary/aromatic N) is 2. The molecule has 3 aliphatic rings. The molecule has 0 fully saturated rings. The van der Waals surface area contributed by atoms with Crippen molar-refractivity contribution in [1.82, 2.24) is 0 Å². The highest BCUT2D eigenvalue weighted by molar-refractivity contribution is 6.93. The summed E-state index contributed by atoms with van der Waals surface area (Å²) in [6.07, 6.45) is 0. The second-order valence-electron chi connectivity index (χ2n) is 21.1. The first-order chi connectivity index (χ1) is 28.4. The third-order valence-corrected chi connectivity index (χ3v) is 13.7. The number of rotatable bonds is 3. The minimum Gasteiger partial charge on any atom is -0.376 e. The third-order valence-electron chi connectivity index (χ3n) is 13.7. The second-order valence-corrected chi connectivity index (χ2v) is 21.1. The van der Waals surface area contributed by atoms with Crippen LogP contribution in [-0.2, 0) is 21.7 Å². The number of fused-ring (bicyclic) bond motifs is 8. The lowest BCUT2D eigenvalue weighted by Gasteiger charge is -2.48. The molecule has 0 N–H and O–H groups in total. The van der Waals surface area contributed by atoms with Gasteiger partial charge in [0.1, 0.15) is 0 Å². The molecule has 0 bridgehead atoms. The number of benzene rings is 7. The van der Waals surface area contributed by atoms with Crippen LogP contribution in [0.2, 0.25) is 0 Å². The molecule has 0 amide bonds. The molecule has 3 heteroatoms. The standard InChI is InChI=1S/C57H57BN2/c1-54(2,3)37-25-28-40(29-26-37)60-49-24-18-16-22-42(49)45-34-39(56(7,8)9)35-50-52(45)58(60)47-31-30-43-41-21-15-17-23-46(41)57(10,11)51(43)53(47)59(50)48-32-27-38(55(4,5)6)33-44(48)36-19-13-12-14-20-36/h12-35H,1-11H3. The van der Waals surface area contributed by atoms with Gasteiger partial charge < -0.3 is 9.71 Å². The summed E-state index contributed by atoms with van der Waals surface area (Å²) in [5.74, 6) is 0. The van der Waals surface area contributed by atoms with Gasteiger partial charge in [-0.2, -0.15) is 0 Å². The van der Waals surface area contributed by atoms with E-state index in [0.29, 0.717) is 0 Å². The molecular formula is C57H57BN2. The molecule has 7 aromatic rings. The molecule has 0 atom stereocenters. The van der Waals surface area contributed by atoms with Crippen molar-refractivity contribution in [3.63, 3.8) is 0 Å². The zero-order chi connectivity index (χ0) is 42.1. The van der Waals surface area contributed by atoms with E-state index in [1.807, 2.05) is 0 Å². The van der Waals surface area contributed by atoms with Crippen LogP contribution in [0, 0.1) is 0 Å².